The van der Waals surface area contributed by atoms with Crippen LogP contribution in [-0.4, -0.2) is 12.1 Å². The van der Waals surface area contributed by atoms with Crippen LogP contribution < -0.4 is 0 Å². The highest BCUT2D eigenvalue weighted by Crippen LogP contribution is 2.36. The fraction of sp³-hybridized carbons (Fsp3) is 0.938. The number of carbonyl (C=O) groups excluding carboxylic acids is 1. The van der Waals surface area contributed by atoms with E-state index in [0.717, 1.165) is 19.3 Å². The summed E-state index contributed by atoms with van der Waals surface area (Å²) < 4.78 is 5.88. The van der Waals surface area contributed by atoms with Gasteiger partial charge in [0, 0.05) is 0 Å². The summed E-state index contributed by atoms with van der Waals surface area (Å²) in [7, 11) is 0. The van der Waals surface area contributed by atoms with Crippen molar-refractivity contribution in [2.75, 3.05) is 0 Å². The highest BCUT2D eigenvalue weighted by Gasteiger charge is 2.35. The van der Waals surface area contributed by atoms with E-state index in [9.17, 15) is 4.79 Å². The molecule has 18 heavy (non-hydrogen) atoms. The first-order valence-electron chi connectivity index (χ1n) is 7.78. The molecule has 2 rings (SSSR count). The molecule has 0 saturated heterocycles. The van der Waals surface area contributed by atoms with Crippen LogP contribution in [0.2, 0.25) is 0 Å². The Morgan fingerprint density at radius 2 is 1.78 bits per heavy atom. The minimum absolute atomic E-state index is 0.0947. The molecule has 0 N–H and O–H groups in total. The lowest BCUT2D eigenvalue weighted by Crippen LogP contribution is -2.37. The summed E-state index contributed by atoms with van der Waals surface area (Å²) in [5, 5.41) is 0. The van der Waals surface area contributed by atoms with E-state index in [1.807, 2.05) is 0 Å². The molecule has 104 valence electrons. The van der Waals surface area contributed by atoms with Crippen LogP contribution in [0, 0.1) is 23.7 Å². The Morgan fingerprint density at radius 1 is 1.11 bits per heavy atom. The van der Waals surface area contributed by atoms with Gasteiger partial charge in [-0.15, -0.1) is 0 Å². The first-order chi connectivity index (χ1) is 8.58. The lowest BCUT2D eigenvalue weighted by molar-refractivity contribution is -0.160. The SMILES string of the molecule is CC(C)[C@@H]1CC[C@@H](C)C[C@H]1OC(=O)C1CCCC1. The van der Waals surface area contributed by atoms with Crippen molar-refractivity contribution in [1.29, 1.82) is 0 Å². The van der Waals surface area contributed by atoms with Gasteiger partial charge in [0.25, 0.3) is 0 Å². The Balaban J connectivity index is 1.93. The number of hydrogen-bond donors (Lipinski definition) is 0. The molecule has 0 aromatic heterocycles. The van der Waals surface area contributed by atoms with Crippen molar-refractivity contribution < 1.29 is 9.53 Å². The van der Waals surface area contributed by atoms with Gasteiger partial charge in [0.15, 0.2) is 0 Å². The van der Waals surface area contributed by atoms with Gasteiger partial charge in [0.05, 0.1) is 5.92 Å². The van der Waals surface area contributed by atoms with Crippen LogP contribution in [0.15, 0.2) is 0 Å². The summed E-state index contributed by atoms with van der Waals surface area (Å²) in [5.41, 5.74) is 0. The highest BCUT2D eigenvalue weighted by atomic mass is 16.5. The van der Waals surface area contributed by atoms with Gasteiger partial charge < -0.3 is 4.74 Å². The molecule has 2 saturated carbocycles. The molecule has 0 spiro atoms. The van der Waals surface area contributed by atoms with Crippen molar-refractivity contribution in [3.05, 3.63) is 0 Å². The van der Waals surface area contributed by atoms with Crippen LogP contribution in [0.5, 0.6) is 0 Å². The summed E-state index contributed by atoms with van der Waals surface area (Å²) in [6.07, 6.45) is 8.27. The predicted octanol–water partition coefficient (Wildman–Crippen LogP) is 4.18. The number of carbonyl (C=O) groups is 1. The molecule has 0 amide bonds. The van der Waals surface area contributed by atoms with Gasteiger partial charge >= 0.3 is 5.97 Å². The third kappa shape index (κ3) is 3.27. The predicted molar refractivity (Wildman–Crippen MR) is 73.2 cm³/mol. The van der Waals surface area contributed by atoms with E-state index in [-0.39, 0.29) is 18.0 Å². The zero-order valence-electron chi connectivity index (χ0n) is 12.2. The summed E-state index contributed by atoms with van der Waals surface area (Å²) in [5.74, 6) is 2.21. The Kier molecular flexibility index (Phi) is 4.69. The van der Waals surface area contributed by atoms with Crippen molar-refractivity contribution in [3.63, 3.8) is 0 Å². The standard InChI is InChI=1S/C16H28O2/c1-11(2)14-9-8-12(3)10-15(14)18-16(17)13-6-4-5-7-13/h11-15H,4-10H2,1-3H3/t12-,14+,15-/m1/s1. The Bertz CT molecular complexity index is 279. The molecule has 3 atom stereocenters. The number of rotatable bonds is 3. The van der Waals surface area contributed by atoms with Gasteiger partial charge in [-0.05, 0) is 43.4 Å². The fourth-order valence-electron chi connectivity index (χ4n) is 3.66. The molecule has 0 unspecified atom stereocenters. The molecule has 0 aromatic rings. The van der Waals surface area contributed by atoms with Crippen molar-refractivity contribution in [1.82, 2.24) is 0 Å². The normalized spacial score (nSPS) is 33.9. The van der Waals surface area contributed by atoms with E-state index < -0.39 is 0 Å². The van der Waals surface area contributed by atoms with E-state index >= 15 is 0 Å². The Labute approximate surface area is 111 Å². The molecule has 2 aliphatic rings. The summed E-state index contributed by atoms with van der Waals surface area (Å²) in [6.45, 7) is 6.81. The Hall–Kier alpha value is -0.530. The maximum absolute atomic E-state index is 12.2. The maximum Gasteiger partial charge on any atom is 0.309 e. The molecule has 0 aromatic carbocycles. The molecule has 2 heteroatoms. The van der Waals surface area contributed by atoms with Crippen molar-refractivity contribution in [2.45, 2.75) is 71.8 Å². The lowest BCUT2D eigenvalue weighted by atomic mass is 9.75. The molecule has 0 radical (unpaired) electrons. The summed E-state index contributed by atoms with van der Waals surface area (Å²) >= 11 is 0. The Morgan fingerprint density at radius 3 is 2.39 bits per heavy atom. The van der Waals surface area contributed by atoms with Gasteiger partial charge in [0.1, 0.15) is 6.10 Å². The third-order valence-electron chi connectivity index (χ3n) is 4.92. The zero-order chi connectivity index (χ0) is 13.1. The first-order valence-corrected chi connectivity index (χ1v) is 7.78. The van der Waals surface area contributed by atoms with Crippen molar-refractivity contribution in [3.8, 4) is 0 Å². The molecule has 2 aliphatic carbocycles. The van der Waals surface area contributed by atoms with E-state index in [0.29, 0.717) is 17.8 Å². The van der Waals surface area contributed by atoms with Gasteiger partial charge in [0.2, 0.25) is 0 Å². The second-order valence-electron chi connectivity index (χ2n) is 6.78. The van der Waals surface area contributed by atoms with Gasteiger partial charge in [-0.2, -0.15) is 0 Å². The monoisotopic (exact) mass is 252 g/mol. The van der Waals surface area contributed by atoms with Crippen molar-refractivity contribution in [2.24, 2.45) is 23.7 Å². The first kappa shape index (κ1) is 13.9. The maximum atomic E-state index is 12.2. The van der Waals surface area contributed by atoms with E-state index in [1.54, 1.807) is 0 Å². The van der Waals surface area contributed by atoms with Crippen LogP contribution in [-0.2, 0) is 9.53 Å². The molecule has 2 fully saturated rings. The molecule has 2 nitrogen and oxygen atoms in total. The third-order valence-corrected chi connectivity index (χ3v) is 4.92. The second-order valence-corrected chi connectivity index (χ2v) is 6.78. The van der Waals surface area contributed by atoms with Crippen LogP contribution in [0.4, 0.5) is 0 Å². The van der Waals surface area contributed by atoms with Crippen molar-refractivity contribution >= 4 is 5.97 Å². The van der Waals surface area contributed by atoms with E-state index in [2.05, 4.69) is 20.8 Å². The average Bonchev–Trinajstić information content (AvgIpc) is 2.81. The quantitative estimate of drug-likeness (QED) is 0.704. The van der Waals surface area contributed by atoms with Crippen LogP contribution in [0.25, 0.3) is 0 Å². The summed E-state index contributed by atoms with van der Waals surface area (Å²) in [6, 6.07) is 0. The largest absolute Gasteiger partial charge is 0.462 e. The van der Waals surface area contributed by atoms with E-state index in [4.69, 9.17) is 4.74 Å². The van der Waals surface area contributed by atoms with E-state index in [1.165, 1.54) is 25.7 Å². The number of ether oxygens (including phenoxy) is 1. The molecular weight excluding hydrogens is 224 g/mol. The smallest absolute Gasteiger partial charge is 0.309 e. The lowest BCUT2D eigenvalue weighted by Gasteiger charge is -2.37. The minimum Gasteiger partial charge on any atom is -0.462 e. The van der Waals surface area contributed by atoms with Crippen LogP contribution in [0.3, 0.4) is 0 Å². The van der Waals surface area contributed by atoms with Gasteiger partial charge in [-0.25, -0.2) is 0 Å². The minimum atomic E-state index is 0.0947. The summed E-state index contributed by atoms with van der Waals surface area (Å²) in [4.78, 5) is 12.2. The molecule has 0 bridgehead atoms. The highest BCUT2D eigenvalue weighted by molar-refractivity contribution is 5.72. The number of hydrogen-bond acceptors (Lipinski definition) is 2. The van der Waals surface area contributed by atoms with Crippen LogP contribution >= 0.6 is 0 Å². The second kappa shape index (κ2) is 6.08. The molecule has 0 heterocycles. The fourth-order valence-corrected chi connectivity index (χ4v) is 3.66. The molecule has 0 aliphatic heterocycles. The van der Waals surface area contributed by atoms with Crippen LogP contribution in [0.1, 0.15) is 65.7 Å². The van der Waals surface area contributed by atoms with Gasteiger partial charge in [-0.3, -0.25) is 4.79 Å². The number of esters is 1. The topological polar surface area (TPSA) is 26.3 Å². The van der Waals surface area contributed by atoms with Gasteiger partial charge in [-0.1, -0.05) is 40.0 Å². The molecular formula is C16H28O2. The average molecular weight is 252 g/mol. The zero-order valence-corrected chi connectivity index (χ0v) is 12.2.